The van der Waals surface area contributed by atoms with Crippen molar-refractivity contribution >= 4 is 27.3 Å². The van der Waals surface area contributed by atoms with Gasteiger partial charge in [-0.15, -0.1) is 11.3 Å². The first-order valence-corrected chi connectivity index (χ1v) is 6.92. The molecular formula is C13H12BrFS. The molecule has 2 aromatic rings. The second-order valence-electron chi connectivity index (χ2n) is 3.54. The third-order valence-corrected chi connectivity index (χ3v) is 5.04. The van der Waals surface area contributed by atoms with E-state index in [0.29, 0.717) is 5.56 Å². The van der Waals surface area contributed by atoms with Gasteiger partial charge in [-0.2, -0.15) is 0 Å². The highest BCUT2D eigenvalue weighted by molar-refractivity contribution is 9.09. The van der Waals surface area contributed by atoms with E-state index < -0.39 is 0 Å². The number of hydrogen-bond donors (Lipinski definition) is 0. The van der Waals surface area contributed by atoms with Gasteiger partial charge in [0.15, 0.2) is 0 Å². The lowest BCUT2D eigenvalue weighted by molar-refractivity contribution is 0.614. The normalized spacial score (nSPS) is 12.7. The maximum absolute atomic E-state index is 13.6. The van der Waals surface area contributed by atoms with Crippen molar-refractivity contribution in [3.8, 4) is 0 Å². The molecule has 0 aliphatic rings. The fraction of sp³-hybridized carbons (Fsp3) is 0.231. The molecule has 0 spiro atoms. The van der Waals surface area contributed by atoms with Crippen molar-refractivity contribution in [2.75, 3.05) is 0 Å². The summed E-state index contributed by atoms with van der Waals surface area (Å²) in [6, 6.07) is 11.1. The van der Waals surface area contributed by atoms with Crippen molar-refractivity contribution in [3.63, 3.8) is 0 Å². The molecule has 3 heteroatoms. The Hall–Kier alpha value is -0.670. The summed E-state index contributed by atoms with van der Waals surface area (Å²) in [6.07, 6.45) is 1.03. The Bertz CT molecular complexity index is 478. The summed E-state index contributed by atoms with van der Waals surface area (Å²) >= 11 is 5.29. The van der Waals surface area contributed by atoms with E-state index in [1.165, 1.54) is 10.9 Å². The van der Waals surface area contributed by atoms with E-state index in [2.05, 4.69) is 35.0 Å². The Balaban J connectivity index is 2.31. The third kappa shape index (κ3) is 2.36. The van der Waals surface area contributed by atoms with Gasteiger partial charge >= 0.3 is 0 Å². The molecule has 0 amide bonds. The number of thiophene rings is 1. The molecule has 0 aliphatic heterocycles. The SMILES string of the molecule is CCc1ccc(C(Br)c2ccccc2F)s1. The molecule has 0 saturated carbocycles. The first-order valence-electron chi connectivity index (χ1n) is 5.19. The van der Waals surface area contributed by atoms with Crippen LogP contribution in [0.5, 0.6) is 0 Å². The highest BCUT2D eigenvalue weighted by Gasteiger charge is 2.15. The summed E-state index contributed by atoms with van der Waals surface area (Å²) < 4.78 is 13.6. The lowest BCUT2D eigenvalue weighted by Gasteiger charge is -2.08. The van der Waals surface area contributed by atoms with E-state index in [1.807, 2.05) is 12.1 Å². The minimum atomic E-state index is -0.157. The summed E-state index contributed by atoms with van der Waals surface area (Å²) in [5.41, 5.74) is 0.701. The first kappa shape index (κ1) is 11.8. The largest absolute Gasteiger partial charge is 0.207 e. The van der Waals surface area contributed by atoms with Gasteiger partial charge in [-0.3, -0.25) is 0 Å². The fourth-order valence-corrected chi connectivity index (χ4v) is 3.31. The lowest BCUT2D eigenvalue weighted by Crippen LogP contribution is -1.93. The van der Waals surface area contributed by atoms with Gasteiger partial charge in [0.25, 0.3) is 0 Å². The number of aryl methyl sites for hydroxylation is 1. The predicted octanol–water partition coefficient (Wildman–Crippen LogP) is 4.93. The Morgan fingerprint density at radius 2 is 2.00 bits per heavy atom. The van der Waals surface area contributed by atoms with Gasteiger partial charge in [-0.1, -0.05) is 41.1 Å². The number of benzene rings is 1. The molecule has 1 aromatic heterocycles. The van der Waals surface area contributed by atoms with Crippen LogP contribution < -0.4 is 0 Å². The summed E-state index contributed by atoms with van der Waals surface area (Å²) in [5, 5.41) is 0. The highest BCUT2D eigenvalue weighted by atomic mass is 79.9. The summed E-state index contributed by atoms with van der Waals surface area (Å²) in [7, 11) is 0. The summed E-state index contributed by atoms with van der Waals surface area (Å²) in [6.45, 7) is 2.13. The number of hydrogen-bond acceptors (Lipinski definition) is 1. The maximum Gasteiger partial charge on any atom is 0.127 e. The molecule has 1 atom stereocenters. The molecule has 0 bridgehead atoms. The molecule has 0 radical (unpaired) electrons. The second kappa shape index (κ2) is 5.11. The second-order valence-corrected chi connectivity index (χ2v) is 5.66. The third-order valence-electron chi connectivity index (χ3n) is 2.46. The van der Waals surface area contributed by atoms with E-state index in [0.717, 1.165) is 11.3 Å². The fourth-order valence-electron chi connectivity index (χ4n) is 1.55. The van der Waals surface area contributed by atoms with E-state index in [4.69, 9.17) is 0 Å². The molecule has 0 fully saturated rings. The van der Waals surface area contributed by atoms with Gasteiger partial charge in [0.1, 0.15) is 5.82 Å². The summed E-state index contributed by atoms with van der Waals surface area (Å²) in [5.74, 6) is -0.157. The first-order chi connectivity index (χ1) is 7.72. The van der Waals surface area contributed by atoms with E-state index in [-0.39, 0.29) is 10.6 Å². The predicted molar refractivity (Wildman–Crippen MR) is 70.9 cm³/mol. The molecular weight excluding hydrogens is 287 g/mol. The molecule has 1 unspecified atom stereocenters. The number of halogens is 2. The van der Waals surface area contributed by atoms with Crippen LogP contribution in [0.2, 0.25) is 0 Å². The minimum absolute atomic E-state index is 0.0426. The Morgan fingerprint density at radius 1 is 1.25 bits per heavy atom. The molecule has 16 heavy (non-hydrogen) atoms. The van der Waals surface area contributed by atoms with Crippen molar-refractivity contribution < 1.29 is 4.39 Å². The quantitative estimate of drug-likeness (QED) is 0.705. The van der Waals surface area contributed by atoms with Crippen LogP contribution in [0.1, 0.15) is 27.1 Å². The average Bonchev–Trinajstić information content (AvgIpc) is 2.77. The molecule has 0 saturated heterocycles. The van der Waals surface area contributed by atoms with Gasteiger partial charge in [0.05, 0.1) is 4.83 Å². The highest BCUT2D eigenvalue weighted by Crippen LogP contribution is 2.36. The molecule has 0 N–H and O–H groups in total. The van der Waals surface area contributed by atoms with Crippen molar-refractivity contribution in [2.45, 2.75) is 18.2 Å². The van der Waals surface area contributed by atoms with Gasteiger partial charge in [-0.25, -0.2) is 4.39 Å². The standard InChI is InChI=1S/C13H12BrFS/c1-2-9-7-8-12(16-9)13(14)10-5-3-4-6-11(10)15/h3-8,13H,2H2,1H3. The monoisotopic (exact) mass is 298 g/mol. The van der Waals surface area contributed by atoms with E-state index in [9.17, 15) is 4.39 Å². The molecule has 0 nitrogen and oxygen atoms in total. The van der Waals surface area contributed by atoms with Crippen molar-refractivity contribution in [1.82, 2.24) is 0 Å². The van der Waals surface area contributed by atoms with Crippen LogP contribution in [0.25, 0.3) is 0 Å². The van der Waals surface area contributed by atoms with Crippen LogP contribution in [0, 0.1) is 5.82 Å². The van der Waals surface area contributed by atoms with Crippen LogP contribution in [-0.2, 0) is 6.42 Å². The van der Waals surface area contributed by atoms with Gasteiger partial charge < -0.3 is 0 Å². The minimum Gasteiger partial charge on any atom is -0.207 e. The molecule has 2 rings (SSSR count). The maximum atomic E-state index is 13.6. The molecule has 84 valence electrons. The van der Waals surface area contributed by atoms with Crippen LogP contribution in [0.4, 0.5) is 4.39 Å². The lowest BCUT2D eigenvalue weighted by atomic mass is 10.1. The van der Waals surface area contributed by atoms with Gasteiger partial charge in [0.2, 0.25) is 0 Å². The Labute approximate surface area is 107 Å². The smallest absolute Gasteiger partial charge is 0.127 e. The number of rotatable bonds is 3. The van der Waals surface area contributed by atoms with Crippen LogP contribution in [0.3, 0.4) is 0 Å². The van der Waals surface area contributed by atoms with E-state index >= 15 is 0 Å². The molecule has 1 heterocycles. The van der Waals surface area contributed by atoms with Crippen LogP contribution in [-0.4, -0.2) is 0 Å². The molecule has 1 aromatic carbocycles. The van der Waals surface area contributed by atoms with Crippen molar-refractivity contribution in [2.24, 2.45) is 0 Å². The van der Waals surface area contributed by atoms with Crippen molar-refractivity contribution in [1.29, 1.82) is 0 Å². The Kier molecular flexibility index (Phi) is 3.77. The molecule has 0 aliphatic carbocycles. The van der Waals surface area contributed by atoms with Gasteiger partial charge in [0, 0.05) is 15.3 Å². The van der Waals surface area contributed by atoms with Crippen molar-refractivity contribution in [3.05, 3.63) is 57.5 Å². The Morgan fingerprint density at radius 3 is 2.62 bits per heavy atom. The van der Waals surface area contributed by atoms with Gasteiger partial charge in [-0.05, 0) is 24.6 Å². The van der Waals surface area contributed by atoms with Crippen LogP contribution in [0.15, 0.2) is 36.4 Å². The van der Waals surface area contributed by atoms with E-state index in [1.54, 1.807) is 17.4 Å². The zero-order valence-corrected chi connectivity index (χ0v) is 11.3. The average molecular weight is 299 g/mol. The topological polar surface area (TPSA) is 0 Å². The zero-order chi connectivity index (χ0) is 11.5. The van der Waals surface area contributed by atoms with Crippen LogP contribution >= 0.6 is 27.3 Å². The number of alkyl halides is 1. The summed E-state index contributed by atoms with van der Waals surface area (Å²) in [4.78, 5) is 2.44. The zero-order valence-electron chi connectivity index (χ0n) is 8.91.